The number of nitrogens with one attached hydrogen (secondary N) is 2. The smallest absolute Gasteiger partial charge is 0.377 e. The van der Waals surface area contributed by atoms with Crippen LogP contribution in [0.15, 0.2) is 23.3 Å². The molecule has 2 heterocycles. The number of carbonyl (C=O) groups is 3. The second kappa shape index (κ2) is 7.34. The Morgan fingerprint density at radius 1 is 1.27 bits per heavy atom. The molecule has 0 fully saturated rings. The lowest BCUT2D eigenvalue weighted by Gasteiger charge is -2.21. The van der Waals surface area contributed by atoms with Crippen LogP contribution in [0.25, 0.3) is 0 Å². The van der Waals surface area contributed by atoms with E-state index in [1.54, 1.807) is 6.92 Å². The second-order valence-electron chi connectivity index (χ2n) is 4.26. The lowest BCUT2D eigenvalue weighted by atomic mass is 10.2. The van der Waals surface area contributed by atoms with Crippen molar-refractivity contribution >= 4 is 18.0 Å². The maximum absolute atomic E-state index is 11.8. The first-order chi connectivity index (χ1) is 10.6. The predicted octanol–water partition coefficient (Wildman–Crippen LogP) is -0.452. The highest BCUT2D eigenvalue weighted by Crippen LogP contribution is 2.11. The van der Waals surface area contributed by atoms with Crippen LogP contribution in [0.5, 0.6) is 0 Å². The zero-order valence-electron chi connectivity index (χ0n) is 12.0. The molecule has 0 saturated heterocycles. The predicted molar refractivity (Wildman–Crippen MR) is 71.1 cm³/mol. The molecule has 2 aliphatic rings. The van der Waals surface area contributed by atoms with Crippen LogP contribution in [-0.4, -0.2) is 50.9 Å². The summed E-state index contributed by atoms with van der Waals surface area (Å²) in [5, 5.41) is 4.87. The van der Waals surface area contributed by atoms with Gasteiger partial charge in [-0.3, -0.25) is 0 Å². The molecule has 0 spiro atoms. The highest BCUT2D eigenvalue weighted by molar-refractivity contribution is 5.94. The molecule has 120 valence electrons. The fourth-order valence-corrected chi connectivity index (χ4v) is 1.75. The molecule has 0 saturated carbocycles. The van der Waals surface area contributed by atoms with Gasteiger partial charge in [0.25, 0.3) is 0 Å². The van der Waals surface area contributed by atoms with E-state index in [0.717, 1.165) is 6.26 Å². The molecule has 0 aliphatic carbocycles. The standard InChI is InChI=1S/C13H16N2O7/c1-2-20-11(16)8-5-14-13(18)15-9(8)6-22-12(17)10-7-19-3-4-21-10/h7H,2-6H2,1H3,(H2,14,15,18). The number of carbonyl (C=O) groups excluding carboxylic acids is 3. The summed E-state index contributed by atoms with van der Waals surface area (Å²) in [5.74, 6) is -1.40. The van der Waals surface area contributed by atoms with Gasteiger partial charge >= 0.3 is 18.0 Å². The molecule has 0 unspecified atom stereocenters. The van der Waals surface area contributed by atoms with Gasteiger partial charge in [0.2, 0.25) is 5.76 Å². The van der Waals surface area contributed by atoms with Crippen LogP contribution in [0, 0.1) is 0 Å². The third kappa shape index (κ3) is 3.90. The molecule has 2 aliphatic heterocycles. The van der Waals surface area contributed by atoms with Gasteiger partial charge in [0.1, 0.15) is 26.1 Å². The summed E-state index contributed by atoms with van der Waals surface area (Å²) in [6, 6.07) is -0.490. The number of ether oxygens (including phenoxy) is 4. The van der Waals surface area contributed by atoms with E-state index in [1.807, 2.05) is 0 Å². The summed E-state index contributed by atoms with van der Waals surface area (Å²) in [5.41, 5.74) is 0.372. The normalized spacial score (nSPS) is 17.3. The van der Waals surface area contributed by atoms with E-state index in [1.165, 1.54) is 0 Å². The van der Waals surface area contributed by atoms with Crippen molar-refractivity contribution in [2.75, 3.05) is 33.0 Å². The highest BCUT2D eigenvalue weighted by Gasteiger charge is 2.25. The van der Waals surface area contributed by atoms with Crippen LogP contribution in [0.2, 0.25) is 0 Å². The van der Waals surface area contributed by atoms with Gasteiger partial charge in [-0.2, -0.15) is 0 Å². The van der Waals surface area contributed by atoms with Gasteiger partial charge in [0, 0.05) is 0 Å². The molecule has 9 nitrogen and oxygen atoms in total. The highest BCUT2D eigenvalue weighted by atomic mass is 16.6. The van der Waals surface area contributed by atoms with E-state index in [0.29, 0.717) is 6.61 Å². The van der Waals surface area contributed by atoms with Crippen molar-refractivity contribution in [2.24, 2.45) is 0 Å². The number of esters is 2. The largest absolute Gasteiger partial charge is 0.493 e. The van der Waals surface area contributed by atoms with Crippen LogP contribution in [0.4, 0.5) is 4.79 Å². The average Bonchev–Trinajstić information content (AvgIpc) is 2.53. The lowest BCUT2D eigenvalue weighted by molar-refractivity contribution is -0.144. The topological polar surface area (TPSA) is 112 Å². The number of urea groups is 1. The Bertz CT molecular complexity index is 539. The van der Waals surface area contributed by atoms with E-state index in [2.05, 4.69) is 10.6 Å². The average molecular weight is 312 g/mol. The molecule has 22 heavy (non-hydrogen) atoms. The van der Waals surface area contributed by atoms with Crippen molar-refractivity contribution in [3.05, 3.63) is 23.3 Å². The summed E-state index contributed by atoms with van der Waals surface area (Å²) in [6.45, 7) is 2.18. The molecule has 0 aromatic rings. The quantitative estimate of drug-likeness (QED) is 0.661. The van der Waals surface area contributed by atoms with Crippen molar-refractivity contribution in [2.45, 2.75) is 6.92 Å². The van der Waals surface area contributed by atoms with Crippen LogP contribution < -0.4 is 10.6 Å². The third-order valence-corrected chi connectivity index (χ3v) is 2.77. The Balaban J connectivity index is 2.03. The molecule has 2 rings (SSSR count). The van der Waals surface area contributed by atoms with Crippen molar-refractivity contribution in [3.8, 4) is 0 Å². The lowest BCUT2D eigenvalue weighted by Crippen LogP contribution is -2.45. The minimum Gasteiger partial charge on any atom is -0.493 e. The van der Waals surface area contributed by atoms with Crippen molar-refractivity contribution in [3.63, 3.8) is 0 Å². The van der Waals surface area contributed by atoms with E-state index in [-0.39, 0.29) is 43.4 Å². The van der Waals surface area contributed by atoms with E-state index in [9.17, 15) is 14.4 Å². The first-order valence-electron chi connectivity index (χ1n) is 6.67. The Morgan fingerprint density at radius 3 is 2.77 bits per heavy atom. The molecular weight excluding hydrogens is 296 g/mol. The fraction of sp³-hybridized carbons (Fsp3) is 0.462. The van der Waals surface area contributed by atoms with Crippen LogP contribution >= 0.6 is 0 Å². The van der Waals surface area contributed by atoms with Crippen LogP contribution in [0.1, 0.15) is 6.92 Å². The van der Waals surface area contributed by atoms with E-state index >= 15 is 0 Å². The minimum atomic E-state index is -0.747. The first kappa shape index (κ1) is 15.7. The van der Waals surface area contributed by atoms with Gasteiger partial charge in [0.15, 0.2) is 0 Å². The zero-order chi connectivity index (χ0) is 15.9. The third-order valence-electron chi connectivity index (χ3n) is 2.77. The van der Waals surface area contributed by atoms with Crippen molar-refractivity contribution < 1.29 is 33.3 Å². The molecule has 0 aromatic carbocycles. The molecule has 0 atom stereocenters. The molecule has 0 bridgehead atoms. The zero-order valence-corrected chi connectivity index (χ0v) is 12.0. The number of amides is 2. The SMILES string of the molecule is CCOC(=O)C1=C(COC(=O)C2=COCCO2)NC(=O)NC1. The Kier molecular flexibility index (Phi) is 5.23. The van der Waals surface area contributed by atoms with Crippen LogP contribution in [-0.2, 0) is 28.5 Å². The van der Waals surface area contributed by atoms with Gasteiger partial charge in [-0.25, -0.2) is 14.4 Å². The van der Waals surface area contributed by atoms with E-state index in [4.69, 9.17) is 18.9 Å². The summed E-state index contributed by atoms with van der Waals surface area (Å²) >= 11 is 0. The minimum absolute atomic E-state index is 0.000141. The Morgan fingerprint density at radius 2 is 2.09 bits per heavy atom. The number of hydrogen-bond donors (Lipinski definition) is 2. The summed E-state index contributed by atoms with van der Waals surface area (Å²) in [7, 11) is 0. The second-order valence-corrected chi connectivity index (χ2v) is 4.26. The maximum atomic E-state index is 11.8. The van der Waals surface area contributed by atoms with Gasteiger partial charge in [-0.1, -0.05) is 0 Å². The van der Waals surface area contributed by atoms with Gasteiger partial charge in [-0.15, -0.1) is 0 Å². The van der Waals surface area contributed by atoms with Gasteiger partial charge in [0.05, 0.1) is 24.4 Å². The molecule has 0 radical (unpaired) electrons. The Hall–Kier alpha value is -2.71. The fourth-order valence-electron chi connectivity index (χ4n) is 1.75. The summed E-state index contributed by atoms with van der Waals surface area (Å²) < 4.78 is 19.9. The Labute approximate surface area is 126 Å². The maximum Gasteiger partial charge on any atom is 0.377 e. The van der Waals surface area contributed by atoms with Gasteiger partial charge in [-0.05, 0) is 6.92 Å². The molecule has 0 aromatic heterocycles. The summed E-state index contributed by atoms with van der Waals surface area (Å²) in [6.07, 6.45) is 1.16. The van der Waals surface area contributed by atoms with Crippen molar-refractivity contribution in [1.82, 2.24) is 10.6 Å². The number of hydrogen-bond acceptors (Lipinski definition) is 7. The number of rotatable bonds is 5. The molecule has 2 amide bonds. The summed E-state index contributed by atoms with van der Waals surface area (Å²) in [4.78, 5) is 34.9. The van der Waals surface area contributed by atoms with Crippen LogP contribution in [0.3, 0.4) is 0 Å². The van der Waals surface area contributed by atoms with E-state index < -0.39 is 18.0 Å². The monoisotopic (exact) mass is 312 g/mol. The first-order valence-corrected chi connectivity index (χ1v) is 6.67. The van der Waals surface area contributed by atoms with Crippen molar-refractivity contribution in [1.29, 1.82) is 0 Å². The molecule has 2 N–H and O–H groups in total. The molecular formula is C13H16N2O7. The molecule has 9 heteroatoms. The van der Waals surface area contributed by atoms with Gasteiger partial charge < -0.3 is 29.6 Å².